The van der Waals surface area contributed by atoms with Gasteiger partial charge in [0.2, 0.25) is 0 Å². The number of carbonyl (C=O) groups excluding carboxylic acids is 1. The third-order valence-corrected chi connectivity index (χ3v) is 4.38. The monoisotopic (exact) mass is 312 g/mol. The molecule has 0 unspecified atom stereocenters. The summed E-state index contributed by atoms with van der Waals surface area (Å²) in [6.07, 6.45) is 0.738. The first-order chi connectivity index (χ1) is 11.0. The molecule has 0 bridgehead atoms. The summed E-state index contributed by atoms with van der Waals surface area (Å²) in [6.45, 7) is 4.85. The zero-order chi connectivity index (χ0) is 16.6. The number of H-pyrrole nitrogens is 1. The Morgan fingerprint density at radius 2 is 2.13 bits per heavy atom. The molecule has 0 atom stereocenters. The largest absolute Gasteiger partial charge is 0.496 e. The van der Waals surface area contributed by atoms with Crippen LogP contribution in [0.4, 0.5) is 0 Å². The predicted molar refractivity (Wildman–Crippen MR) is 87.7 cm³/mol. The van der Waals surface area contributed by atoms with E-state index in [9.17, 15) is 9.59 Å². The first-order valence-corrected chi connectivity index (χ1v) is 7.72. The molecule has 1 aromatic carbocycles. The Hall–Kier alpha value is -2.56. The van der Waals surface area contributed by atoms with E-state index in [2.05, 4.69) is 4.98 Å². The minimum atomic E-state index is -0.319. The zero-order valence-corrected chi connectivity index (χ0v) is 13.6. The Balaban J connectivity index is 1.92. The van der Waals surface area contributed by atoms with Gasteiger partial charge in [0.05, 0.1) is 13.7 Å². The molecule has 0 aliphatic carbocycles. The second-order valence-electron chi connectivity index (χ2n) is 5.79. The second-order valence-corrected chi connectivity index (χ2v) is 5.79. The molecule has 1 aliphatic rings. The van der Waals surface area contributed by atoms with Crippen molar-refractivity contribution in [3.8, 4) is 5.75 Å². The number of nitrogens with zero attached hydrogens (tertiary/aromatic N) is 1. The molecule has 120 valence electrons. The topological polar surface area (TPSA) is 62.4 Å². The molecular formula is C18H20N2O3. The van der Waals surface area contributed by atoms with Crippen LogP contribution in [0, 0.1) is 6.92 Å². The van der Waals surface area contributed by atoms with Crippen molar-refractivity contribution in [1.29, 1.82) is 0 Å². The van der Waals surface area contributed by atoms with Crippen LogP contribution in [0.5, 0.6) is 5.75 Å². The van der Waals surface area contributed by atoms with E-state index < -0.39 is 0 Å². The van der Waals surface area contributed by atoms with Gasteiger partial charge in [-0.3, -0.25) is 9.59 Å². The quantitative estimate of drug-likeness (QED) is 0.946. The summed E-state index contributed by atoms with van der Waals surface area (Å²) in [5, 5.41) is 0. The molecule has 1 aliphatic heterocycles. The fourth-order valence-electron chi connectivity index (χ4n) is 3.09. The number of nitrogens with one attached hydrogen (secondary N) is 1. The molecule has 0 radical (unpaired) electrons. The maximum Gasteiger partial charge on any atom is 0.261 e. The minimum absolute atomic E-state index is 0.200. The van der Waals surface area contributed by atoms with Gasteiger partial charge in [0, 0.05) is 17.8 Å². The van der Waals surface area contributed by atoms with Crippen molar-refractivity contribution in [2.75, 3.05) is 7.11 Å². The van der Waals surface area contributed by atoms with E-state index in [0.29, 0.717) is 13.1 Å². The first kappa shape index (κ1) is 15.3. The van der Waals surface area contributed by atoms with E-state index in [4.69, 9.17) is 4.74 Å². The van der Waals surface area contributed by atoms with E-state index in [0.717, 1.165) is 34.6 Å². The van der Waals surface area contributed by atoms with Gasteiger partial charge >= 0.3 is 0 Å². The molecule has 0 saturated carbocycles. The zero-order valence-electron chi connectivity index (χ0n) is 13.6. The summed E-state index contributed by atoms with van der Waals surface area (Å²) in [7, 11) is 1.62. The Bertz CT molecular complexity index is 824. The number of aryl methyl sites for hydroxylation is 2. The van der Waals surface area contributed by atoms with Gasteiger partial charge in [0.15, 0.2) is 0 Å². The summed E-state index contributed by atoms with van der Waals surface area (Å²) >= 11 is 0. The van der Waals surface area contributed by atoms with E-state index in [1.807, 2.05) is 32.0 Å². The fraction of sp³-hybridized carbons (Fsp3) is 0.333. The molecular weight excluding hydrogens is 292 g/mol. The lowest BCUT2D eigenvalue weighted by Gasteiger charge is -2.16. The number of benzene rings is 1. The summed E-state index contributed by atoms with van der Waals surface area (Å²) in [5.41, 5.74) is 3.77. The van der Waals surface area contributed by atoms with Crippen LogP contribution in [0.15, 0.2) is 29.1 Å². The van der Waals surface area contributed by atoms with Crippen LogP contribution in [-0.2, 0) is 19.5 Å². The number of rotatable bonds is 3. The van der Waals surface area contributed by atoms with Crippen LogP contribution < -0.4 is 10.3 Å². The molecule has 1 amide bonds. The molecule has 1 N–H and O–H groups in total. The average molecular weight is 312 g/mol. The van der Waals surface area contributed by atoms with Gasteiger partial charge in [-0.2, -0.15) is 0 Å². The Morgan fingerprint density at radius 3 is 2.83 bits per heavy atom. The second kappa shape index (κ2) is 5.91. The van der Waals surface area contributed by atoms with Crippen LogP contribution in [0.3, 0.4) is 0 Å². The van der Waals surface area contributed by atoms with Crippen LogP contribution in [-0.4, -0.2) is 22.9 Å². The number of amides is 1. The summed E-state index contributed by atoms with van der Waals surface area (Å²) in [6, 6.07) is 7.49. The smallest absolute Gasteiger partial charge is 0.261 e. The highest BCUT2D eigenvalue weighted by Gasteiger charge is 2.28. The number of hydrogen-bond acceptors (Lipinski definition) is 3. The van der Waals surface area contributed by atoms with Crippen LogP contribution in [0.2, 0.25) is 0 Å². The van der Waals surface area contributed by atoms with Crippen molar-refractivity contribution in [3.63, 3.8) is 0 Å². The number of ether oxygens (including phenoxy) is 1. The van der Waals surface area contributed by atoms with Crippen molar-refractivity contribution < 1.29 is 9.53 Å². The van der Waals surface area contributed by atoms with Gasteiger partial charge in [-0.1, -0.05) is 19.1 Å². The third kappa shape index (κ3) is 2.63. The maximum absolute atomic E-state index is 12.8. The molecule has 23 heavy (non-hydrogen) atoms. The maximum atomic E-state index is 12.8. The number of carbonyl (C=O) groups is 1. The SMILES string of the molecule is CCc1[nH]c(=O)c(C(=O)N2Cc3cccc(OC)c3C2)cc1C. The molecule has 0 spiro atoms. The number of fused-ring (bicyclic) bond motifs is 1. The highest BCUT2D eigenvalue weighted by molar-refractivity contribution is 5.94. The van der Waals surface area contributed by atoms with E-state index >= 15 is 0 Å². The fourth-order valence-corrected chi connectivity index (χ4v) is 3.09. The van der Waals surface area contributed by atoms with Crippen molar-refractivity contribution in [2.24, 2.45) is 0 Å². The molecule has 3 rings (SSSR count). The number of pyridine rings is 1. The van der Waals surface area contributed by atoms with E-state index in [-0.39, 0.29) is 17.0 Å². The molecule has 5 nitrogen and oxygen atoms in total. The van der Waals surface area contributed by atoms with Crippen molar-refractivity contribution in [1.82, 2.24) is 9.88 Å². The third-order valence-electron chi connectivity index (χ3n) is 4.38. The Kier molecular flexibility index (Phi) is 3.94. The van der Waals surface area contributed by atoms with Crippen molar-refractivity contribution in [2.45, 2.75) is 33.4 Å². The standard InChI is InChI=1S/C18H20N2O3/c1-4-15-11(2)8-13(17(21)19-15)18(22)20-9-12-6-5-7-16(23-3)14(12)10-20/h5-8H,4,9-10H2,1-3H3,(H,19,21). The van der Waals surface area contributed by atoms with Gasteiger partial charge in [-0.15, -0.1) is 0 Å². The van der Waals surface area contributed by atoms with Crippen molar-refractivity contribution >= 4 is 5.91 Å². The molecule has 2 heterocycles. The average Bonchev–Trinajstić information content (AvgIpc) is 2.99. The number of hydrogen-bond donors (Lipinski definition) is 1. The summed E-state index contributed by atoms with van der Waals surface area (Å²) < 4.78 is 5.36. The Morgan fingerprint density at radius 1 is 1.35 bits per heavy atom. The van der Waals surface area contributed by atoms with Crippen LogP contribution in [0.25, 0.3) is 0 Å². The van der Waals surface area contributed by atoms with Gasteiger partial charge in [-0.05, 0) is 36.6 Å². The molecule has 2 aromatic rings. The van der Waals surface area contributed by atoms with Crippen LogP contribution in [0.1, 0.15) is 39.7 Å². The van der Waals surface area contributed by atoms with Crippen molar-refractivity contribution in [3.05, 3.63) is 62.6 Å². The van der Waals surface area contributed by atoms with E-state index in [1.54, 1.807) is 18.1 Å². The number of methoxy groups -OCH3 is 1. The molecule has 0 saturated heterocycles. The van der Waals surface area contributed by atoms with Gasteiger partial charge in [0.25, 0.3) is 11.5 Å². The lowest BCUT2D eigenvalue weighted by molar-refractivity contribution is 0.0749. The summed E-state index contributed by atoms with van der Waals surface area (Å²) in [4.78, 5) is 29.5. The highest BCUT2D eigenvalue weighted by atomic mass is 16.5. The Labute approximate surface area is 134 Å². The molecule has 0 fully saturated rings. The summed E-state index contributed by atoms with van der Waals surface area (Å²) in [5.74, 6) is 0.541. The highest BCUT2D eigenvalue weighted by Crippen LogP contribution is 2.31. The van der Waals surface area contributed by atoms with Gasteiger partial charge in [-0.25, -0.2) is 0 Å². The van der Waals surface area contributed by atoms with E-state index in [1.165, 1.54) is 0 Å². The first-order valence-electron chi connectivity index (χ1n) is 7.72. The minimum Gasteiger partial charge on any atom is -0.496 e. The molecule has 1 aromatic heterocycles. The normalized spacial score (nSPS) is 13.1. The predicted octanol–water partition coefficient (Wildman–Crippen LogP) is 2.41. The lowest BCUT2D eigenvalue weighted by Crippen LogP contribution is -2.31. The number of aromatic amines is 1. The number of aromatic nitrogens is 1. The van der Waals surface area contributed by atoms with Crippen LogP contribution >= 0.6 is 0 Å². The lowest BCUT2D eigenvalue weighted by atomic mass is 10.1. The van der Waals surface area contributed by atoms with Gasteiger partial charge < -0.3 is 14.6 Å². The molecule has 5 heteroatoms. The van der Waals surface area contributed by atoms with Gasteiger partial charge in [0.1, 0.15) is 11.3 Å².